The zero-order chi connectivity index (χ0) is 12.5. The van der Waals surface area contributed by atoms with Gasteiger partial charge in [0.15, 0.2) is 0 Å². The van der Waals surface area contributed by atoms with Gasteiger partial charge in [0.1, 0.15) is 15.0 Å². The van der Waals surface area contributed by atoms with E-state index >= 15 is 0 Å². The lowest BCUT2D eigenvalue weighted by Crippen LogP contribution is -2.19. The van der Waals surface area contributed by atoms with E-state index in [1.165, 1.54) is 22.6 Å². The minimum Gasteiger partial charge on any atom is -0.505 e. The highest BCUT2D eigenvalue weighted by molar-refractivity contribution is 14.1. The minimum atomic E-state index is -4.99. The fourth-order valence-corrected chi connectivity index (χ4v) is 1.30. The summed E-state index contributed by atoms with van der Waals surface area (Å²) >= 11 is 6.50. The maximum absolute atomic E-state index is 11.9. The molecule has 0 aromatic carbocycles. The first-order chi connectivity index (χ1) is 7.20. The summed E-state index contributed by atoms with van der Waals surface area (Å²) in [5.74, 6) is -1.45. The number of alkyl halides is 3. The van der Waals surface area contributed by atoms with Gasteiger partial charge in [0.2, 0.25) is 5.88 Å². The summed E-state index contributed by atoms with van der Waals surface area (Å²) in [6.45, 7) is 0. The lowest BCUT2D eigenvalue weighted by molar-refractivity contribution is -0.276. The van der Waals surface area contributed by atoms with Crippen LogP contribution in [0, 0.1) is 3.70 Å². The lowest BCUT2D eigenvalue weighted by atomic mass is 10.3. The molecule has 9 heteroatoms. The van der Waals surface area contributed by atoms with Gasteiger partial charge in [-0.15, -0.1) is 13.2 Å². The van der Waals surface area contributed by atoms with E-state index in [-0.39, 0.29) is 3.70 Å². The van der Waals surface area contributed by atoms with Gasteiger partial charge in [-0.05, 0) is 34.2 Å². The van der Waals surface area contributed by atoms with Crippen LogP contribution in [0.5, 0.6) is 11.6 Å². The maximum atomic E-state index is 11.9. The van der Waals surface area contributed by atoms with Gasteiger partial charge in [0.05, 0.1) is 0 Å². The molecule has 4 nitrogen and oxygen atoms in total. The highest BCUT2D eigenvalue weighted by atomic mass is 127. The molecule has 0 aliphatic carbocycles. The Bertz CT molecular complexity index is 438. The molecule has 0 unspecified atom stereocenters. The van der Waals surface area contributed by atoms with Crippen molar-refractivity contribution in [2.45, 2.75) is 6.36 Å². The molecule has 1 rings (SSSR count). The normalized spacial score (nSPS) is 11.3. The van der Waals surface area contributed by atoms with Crippen LogP contribution >= 0.6 is 34.2 Å². The molecule has 0 aliphatic rings. The van der Waals surface area contributed by atoms with Gasteiger partial charge in [-0.25, -0.2) is 4.98 Å². The van der Waals surface area contributed by atoms with Crippen LogP contribution in [-0.2, 0) is 0 Å². The van der Waals surface area contributed by atoms with Gasteiger partial charge in [-0.2, -0.15) is 0 Å². The third kappa shape index (κ3) is 3.37. The van der Waals surface area contributed by atoms with Gasteiger partial charge < -0.3 is 9.84 Å². The van der Waals surface area contributed by atoms with Crippen molar-refractivity contribution in [1.29, 1.82) is 0 Å². The van der Waals surface area contributed by atoms with Crippen LogP contribution in [0.2, 0.25) is 0 Å². The minimum absolute atomic E-state index is 0.140. The van der Waals surface area contributed by atoms with Crippen LogP contribution in [0.15, 0.2) is 6.07 Å². The van der Waals surface area contributed by atoms with Crippen molar-refractivity contribution in [2.75, 3.05) is 0 Å². The second-order valence-corrected chi connectivity index (χ2v) is 3.84. The topological polar surface area (TPSA) is 59.4 Å². The number of carbonyl (C=O) groups excluding carboxylic acids is 1. The zero-order valence-electron chi connectivity index (χ0n) is 7.18. The molecule has 1 N–H and O–H groups in total. The number of nitrogens with zero attached hydrogens (tertiary/aromatic N) is 1. The van der Waals surface area contributed by atoms with E-state index in [0.717, 1.165) is 6.07 Å². The van der Waals surface area contributed by atoms with Crippen molar-refractivity contribution in [3.05, 3.63) is 15.3 Å². The predicted octanol–water partition coefficient (Wildman–Crippen LogP) is 2.67. The maximum Gasteiger partial charge on any atom is 0.574 e. The fourth-order valence-electron chi connectivity index (χ4n) is 0.793. The van der Waals surface area contributed by atoms with Crippen molar-refractivity contribution in [1.82, 2.24) is 4.98 Å². The Labute approximate surface area is 106 Å². The Kier molecular flexibility index (Phi) is 3.84. The molecule has 16 heavy (non-hydrogen) atoms. The largest absolute Gasteiger partial charge is 0.574 e. The van der Waals surface area contributed by atoms with Gasteiger partial charge in [-0.1, -0.05) is 0 Å². The Hall–Kier alpha value is -0.770. The number of carbonyl (C=O) groups is 1. The SMILES string of the molecule is O=C(Cl)c1cc(O)c(I)nc1OC(F)(F)F. The molecule has 0 saturated heterocycles. The predicted molar refractivity (Wildman–Crippen MR) is 55.5 cm³/mol. The average Bonchev–Trinajstić information content (AvgIpc) is 2.07. The quantitative estimate of drug-likeness (QED) is 0.496. The summed E-state index contributed by atoms with van der Waals surface area (Å²) in [4.78, 5) is 14.0. The number of ether oxygens (including phenoxy) is 1. The average molecular weight is 367 g/mol. The highest BCUT2D eigenvalue weighted by Crippen LogP contribution is 2.30. The molecule has 0 atom stereocenters. The Morgan fingerprint density at radius 2 is 2.12 bits per heavy atom. The van der Waals surface area contributed by atoms with Crippen LogP contribution < -0.4 is 4.74 Å². The van der Waals surface area contributed by atoms with E-state index in [1.807, 2.05) is 0 Å². The van der Waals surface area contributed by atoms with Crippen LogP contribution in [0.25, 0.3) is 0 Å². The number of aromatic nitrogens is 1. The van der Waals surface area contributed by atoms with E-state index in [1.54, 1.807) is 0 Å². The van der Waals surface area contributed by atoms with E-state index < -0.39 is 28.8 Å². The van der Waals surface area contributed by atoms with E-state index in [0.29, 0.717) is 0 Å². The van der Waals surface area contributed by atoms with E-state index in [9.17, 15) is 18.0 Å². The van der Waals surface area contributed by atoms with Crippen molar-refractivity contribution in [2.24, 2.45) is 0 Å². The summed E-state index contributed by atoms with van der Waals surface area (Å²) in [7, 11) is 0. The number of pyridine rings is 1. The van der Waals surface area contributed by atoms with Crippen molar-refractivity contribution in [3.8, 4) is 11.6 Å². The summed E-state index contributed by atoms with van der Waals surface area (Å²) in [5.41, 5.74) is -0.656. The molecule has 0 spiro atoms. The molecule has 1 aromatic rings. The molecule has 0 fully saturated rings. The molecule has 0 radical (unpaired) electrons. The summed E-state index contributed by atoms with van der Waals surface area (Å²) in [6.07, 6.45) is -4.99. The third-order valence-corrected chi connectivity index (χ3v) is 2.34. The van der Waals surface area contributed by atoms with E-state index in [4.69, 9.17) is 16.7 Å². The lowest BCUT2D eigenvalue weighted by Gasteiger charge is -2.10. The molecule has 0 amide bonds. The molecule has 1 aromatic heterocycles. The van der Waals surface area contributed by atoms with Crippen LogP contribution in [0.4, 0.5) is 13.2 Å². The summed E-state index contributed by atoms with van der Waals surface area (Å²) in [5, 5.41) is 7.94. The van der Waals surface area contributed by atoms with Crippen LogP contribution in [0.3, 0.4) is 0 Å². The van der Waals surface area contributed by atoms with Crippen LogP contribution in [-0.4, -0.2) is 21.7 Å². The Morgan fingerprint density at radius 3 is 2.56 bits per heavy atom. The van der Waals surface area contributed by atoms with Gasteiger partial charge in [-0.3, -0.25) is 4.79 Å². The Morgan fingerprint density at radius 1 is 1.56 bits per heavy atom. The van der Waals surface area contributed by atoms with Crippen molar-refractivity contribution < 1.29 is 27.8 Å². The molecule has 0 bridgehead atoms. The first-order valence-electron chi connectivity index (χ1n) is 3.56. The van der Waals surface area contributed by atoms with Crippen LogP contribution in [0.1, 0.15) is 10.4 Å². The monoisotopic (exact) mass is 367 g/mol. The molecule has 88 valence electrons. The second kappa shape index (κ2) is 4.62. The number of hydrogen-bond acceptors (Lipinski definition) is 4. The molecular formula is C7H2ClF3INO3. The number of rotatable bonds is 2. The Balaban J connectivity index is 3.25. The van der Waals surface area contributed by atoms with Crippen molar-refractivity contribution >= 4 is 39.4 Å². The number of aromatic hydroxyl groups is 1. The molecule has 0 aliphatic heterocycles. The molecular weight excluding hydrogens is 365 g/mol. The second-order valence-electron chi connectivity index (χ2n) is 2.47. The standard InChI is InChI=1S/C7H2ClF3INO3/c8-4(15)2-1-3(14)5(12)13-6(2)16-7(9,10)11/h1,14H. The first kappa shape index (κ1) is 13.3. The van der Waals surface area contributed by atoms with Gasteiger partial charge in [0.25, 0.3) is 5.24 Å². The number of halogens is 5. The fraction of sp³-hybridized carbons (Fsp3) is 0.143. The smallest absolute Gasteiger partial charge is 0.505 e. The highest BCUT2D eigenvalue weighted by Gasteiger charge is 2.34. The zero-order valence-corrected chi connectivity index (χ0v) is 10.1. The van der Waals surface area contributed by atoms with Gasteiger partial charge >= 0.3 is 6.36 Å². The van der Waals surface area contributed by atoms with Gasteiger partial charge in [0, 0.05) is 6.07 Å². The van der Waals surface area contributed by atoms with Crippen molar-refractivity contribution in [3.63, 3.8) is 0 Å². The molecule has 0 saturated carbocycles. The summed E-state index contributed by atoms with van der Waals surface area (Å²) in [6, 6.07) is 0.755. The summed E-state index contributed by atoms with van der Waals surface area (Å²) < 4.78 is 39.2. The third-order valence-electron chi connectivity index (χ3n) is 1.35. The first-order valence-corrected chi connectivity index (χ1v) is 5.01. The number of hydrogen-bond donors (Lipinski definition) is 1. The van der Waals surface area contributed by atoms with E-state index in [2.05, 4.69) is 9.72 Å². The molecule has 1 heterocycles.